The maximum Gasteiger partial charge on any atom is 0.731 e. The summed E-state index contributed by atoms with van der Waals surface area (Å²) in [5, 5.41) is -0.347. The SMILES string of the molecule is CCC(Br)O[Si](OCl)(OCl)OCl. The molecule has 0 aromatic heterocycles. The van der Waals surface area contributed by atoms with Crippen molar-refractivity contribution in [3.63, 3.8) is 0 Å². The Bertz CT molecular complexity index is 118. The molecule has 9 heteroatoms. The molecule has 1 atom stereocenters. The molecule has 0 aromatic carbocycles. The Balaban J connectivity index is 4.09. The average molecular weight is 320 g/mol. The first kappa shape index (κ1) is 13.4. The van der Waals surface area contributed by atoms with Gasteiger partial charge >= 0.3 is 9.05 Å². The molecule has 0 saturated carbocycles. The van der Waals surface area contributed by atoms with E-state index < -0.39 is 9.05 Å². The summed E-state index contributed by atoms with van der Waals surface area (Å²) in [4.78, 5) is 0. The van der Waals surface area contributed by atoms with Gasteiger partial charge in [-0.05, 0) is 6.42 Å². The lowest BCUT2D eigenvalue weighted by atomic mass is 10.5. The molecule has 0 spiro atoms. The van der Waals surface area contributed by atoms with Crippen molar-refractivity contribution in [1.29, 1.82) is 0 Å². The van der Waals surface area contributed by atoms with Gasteiger partial charge in [-0.3, -0.25) is 0 Å². The predicted octanol–water partition coefficient (Wildman–Crippen LogP) is 3.08. The molecule has 0 heterocycles. The summed E-state index contributed by atoms with van der Waals surface area (Å²) in [6.07, 6.45) is 0.648. The summed E-state index contributed by atoms with van der Waals surface area (Å²) in [6, 6.07) is 0. The summed E-state index contributed by atoms with van der Waals surface area (Å²) >= 11 is 18.2. The summed E-state index contributed by atoms with van der Waals surface area (Å²) < 4.78 is 17.8. The van der Waals surface area contributed by atoms with Gasteiger partial charge in [0.2, 0.25) is 0 Å². The predicted molar refractivity (Wildman–Crippen MR) is 50.7 cm³/mol. The third-order valence-corrected chi connectivity index (χ3v) is 4.90. The van der Waals surface area contributed by atoms with Crippen LogP contribution in [-0.2, 0) is 16.4 Å². The summed E-state index contributed by atoms with van der Waals surface area (Å²) in [6.45, 7) is 1.86. The van der Waals surface area contributed by atoms with Crippen LogP contribution < -0.4 is 0 Å². The number of alkyl halides is 1. The third-order valence-electron chi connectivity index (χ3n) is 0.877. The van der Waals surface area contributed by atoms with Gasteiger partial charge < -0.3 is 4.43 Å². The second kappa shape index (κ2) is 6.80. The Hall–Kier alpha value is 1.41. The van der Waals surface area contributed by atoms with Gasteiger partial charge in [0.1, 0.15) is 5.01 Å². The monoisotopic (exact) mass is 318 g/mol. The minimum absolute atomic E-state index is 0.347. The molecule has 1 unspecified atom stereocenters. The average Bonchev–Trinajstić information content (AvgIpc) is 2.14. The molecule has 0 aliphatic rings. The highest BCUT2D eigenvalue weighted by Crippen LogP contribution is 2.22. The molecule has 0 fully saturated rings. The smallest absolute Gasteiger partial charge is 0.336 e. The van der Waals surface area contributed by atoms with E-state index in [0.29, 0.717) is 6.42 Å². The highest BCUT2D eigenvalue weighted by Gasteiger charge is 2.49. The van der Waals surface area contributed by atoms with Gasteiger partial charge in [-0.25, -0.2) is 11.9 Å². The normalized spacial score (nSPS) is 14.8. The van der Waals surface area contributed by atoms with E-state index in [1.165, 1.54) is 0 Å². The minimum atomic E-state index is -3.55. The minimum Gasteiger partial charge on any atom is -0.336 e. The van der Waals surface area contributed by atoms with Gasteiger partial charge in [-0.15, -0.1) is 0 Å². The molecule has 4 nitrogen and oxygen atoms in total. The molecule has 0 amide bonds. The zero-order valence-corrected chi connectivity index (χ0v) is 10.8. The topological polar surface area (TPSA) is 36.9 Å². The summed E-state index contributed by atoms with van der Waals surface area (Å²) in [5.74, 6) is 0. The van der Waals surface area contributed by atoms with Crippen LogP contribution in [0.5, 0.6) is 0 Å². The van der Waals surface area contributed by atoms with Crippen LogP contribution in [0.4, 0.5) is 0 Å². The van der Waals surface area contributed by atoms with Crippen molar-refractivity contribution >= 4 is 60.6 Å². The molecule has 12 heavy (non-hydrogen) atoms. The first-order valence-corrected chi connectivity index (χ1v) is 6.32. The standard InChI is InChI=1S/C3H6BrCl3O4Si/c1-2-3(4)8-12(9-5,10-6)11-7/h3H,2H2,1H3. The van der Waals surface area contributed by atoms with E-state index in [-0.39, 0.29) is 5.01 Å². The van der Waals surface area contributed by atoms with Crippen LogP contribution in [0.15, 0.2) is 0 Å². The van der Waals surface area contributed by atoms with Crippen LogP contribution in [0.25, 0.3) is 0 Å². The van der Waals surface area contributed by atoms with E-state index >= 15 is 0 Å². The van der Waals surface area contributed by atoms with Crippen molar-refractivity contribution in [2.45, 2.75) is 18.4 Å². The van der Waals surface area contributed by atoms with E-state index in [4.69, 9.17) is 40.0 Å². The fourth-order valence-corrected chi connectivity index (χ4v) is 2.86. The van der Waals surface area contributed by atoms with Gasteiger partial charge in [-0.1, -0.05) is 22.9 Å². The molecule has 0 rings (SSSR count). The number of hydrogen-bond donors (Lipinski definition) is 0. The third kappa shape index (κ3) is 4.08. The van der Waals surface area contributed by atoms with Gasteiger partial charge in [-0.2, -0.15) is 0 Å². The van der Waals surface area contributed by atoms with Crippen molar-refractivity contribution in [1.82, 2.24) is 0 Å². The van der Waals surface area contributed by atoms with Crippen LogP contribution >= 0.6 is 51.5 Å². The van der Waals surface area contributed by atoms with Crippen LogP contribution in [0.1, 0.15) is 13.3 Å². The number of hydrogen-bond acceptors (Lipinski definition) is 4. The molecule has 0 radical (unpaired) electrons. The van der Waals surface area contributed by atoms with Crippen LogP contribution in [0, 0.1) is 0 Å². The Morgan fingerprint density at radius 1 is 1.25 bits per heavy atom. The molecule has 0 saturated heterocycles. The fourth-order valence-electron chi connectivity index (χ4n) is 0.330. The van der Waals surface area contributed by atoms with Crippen molar-refractivity contribution in [3.8, 4) is 0 Å². The molecular formula is C3H6BrCl3O4Si. The Labute approximate surface area is 95.1 Å². The molecule has 0 aliphatic heterocycles. The largest absolute Gasteiger partial charge is 0.731 e. The van der Waals surface area contributed by atoms with Crippen molar-refractivity contribution in [2.24, 2.45) is 0 Å². The lowest BCUT2D eigenvalue weighted by Crippen LogP contribution is -2.44. The summed E-state index contributed by atoms with van der Waals surface area (Å²) in [5.41, 5.74) is 0. The van der Waals surface area contributed by atoms with Gasteiger partial charge in [0.25, 0.3) is 0 Å². The first-order chi connectivity index (χ1) is 5.64. The second-order valence-corrected chi connectivity index (χ2v) is 5.78. The lowest BCUT2D eigenvalue weighted by Gasteiger charge is -2.20. The highest BCUT2D eigenvalue weighted by molar-refractivity contribution is 9.09. The fraction of sp³-hybridized carbons (Fsp3) is 1.00. The molecule has 0 aliphatic carbocycles. The Kier molecular flexibility index (Phi) is 7.60. The van der Waals surface area contributed by atoms with Crippen LogP contribution in [0.3, 0.4) is 0 Å². The quantitative estimate of drug-likeness (QED) is 0.557. The molecule has 74 valence electrons. The maximum absolute atomic E-state index is 5.03. The number of halogens is 4. The highest BCUT2D eigenvalue weighted by atomic mass is 79.9. The lowest BCUT2D eigenvalue weighted by molar-refractivity contribution is 0.0935. The maximum atomic E-state index is 5.03. The van der Waals surface area contributed by atoms with E-state index in [0.717, 1.165) is 0 Å². The van der Waals surface area contributed by atoms with E-state index in [1.54, 1.807) is 0 Å². The zero-order valence-electron chi connectivity index (χ0n) is 5.93. The van der Waals surface area contributed by atoms with Gasteiger partial charge in [0.15, 0.2) is 0 Å². The summed E-state index contributed by atoms with van der Waals surface area (Å²) in [7, 11) is -3.55. The van der Waals surface area contributed by atoms with Gasteiger partial charge in [0, 0.05) is 0 Å². The van der Waals surface area contributed by atoms with Crippen molar-refractivity contribution < 1.29 is 16.4 Å². The Morgan fingerprint density at radius 2 is 1.67 bits per heavy atom. The van der Waals surface area contributed by atoms with Gasteiger partial charge in [0.05, 0.1) is 35.6 Å². The van der Waals surface area contributed by atoms with Crippen LogP contribution in [0.2, 0.25) is 0 Å². The second-order valence-electron chi connectivity index (χ2n) is 1.67. The molecular weight excluding hydrogens is 314 g/mol. The molecule has 0 N–H and O–H groups in total. The van der Waals surface area contributed by atoms with E-state index in [2.05, 4.69) is 27.9 Å². The van der Waals surface area contributed by atoms with Crippen molar-refractivity contribution in [3.05, 3.63) is 0 Å². The number of rotatable bonds is 6. The zero-order chi connectivity index (χ0) is 9.61. The van der Waals surface area contributed by atoms with Crippen molar-refractivity contribution in [2.75, 3.05) is 0 Å². The van der Waals surface area contributed by atoms with E-state index in [1.807, 2.05) is 6.92 Å². The van der Waals surface area contributed by atoms with E-state index in [9.17, 15) is 0 Å². The van der Waals surface area contributed by atoms with Crippen LogP contribution in [-0.4, -0.2) is 14.1 Å². The Morgan fingerprint density at radius 3 is 1.92 bits per heavy atom. The first-order valence-electron chi connectivity index (χ1n) is 2.85. The molecule has 0 bridgehead atoms. The molecule has 0 aromatic rings.